The van der Waals surface area contributed by atoms with E-state index in [0.717, 1.165) is 11.4 Å². The number of benzene rings is 1. The van der Waals surface area contributed by atoms with Crippen LogP contribution in [0, 0.1) is 5.41 Å². The van der Waals surface area contributed by atoms with Crippen molar-refractivity contribution in [3.8, 4) is 0 Å². The Hall–Kier alpha value is -2.07. The van der Waals surface area contributed by atoms with Crippen LogP contribution < -0.4 is 10.6 Å². The Kier molecular flexibility index (Phi) is 3.48. The average molecular weight is 261 g/mol. The third-order valence-corrected chi connectivity index (χ3v) is 2.97. The van der Waals surface area contributed by atoms with Gasteiger partial charge in [0.2, 0.25) is 0 Å². The fourth-order valence-corrected chi connectivity index (χ4v) is 1.89. The zero-order chi connectivity index (χ0) is 13.1. The molecule has 0 bridgehead atoms. The molecule has 0 aliphatic carbocycles. The molecule has 0 atom stereocenters. The third-order valence-electron chi connectivity index (χ3n) is 2.68. The molecule has 1 aromatic carbocycles. The standard InChI is InChI=1S/C13H13ClN4/c1-18(12-6-7-17-8-11(12)14)10-4-2-9(3-5-10)13(15)16/h2-8H,1H3,(H3,15,16). The maximum absolute atomic E-state index is 7.35. The summed E-state index contributed by atoms with van der Waals surface area (Å²) in [4.78, 5) is 5.91. The SMILES string of the molecule is CN(c1ccc(C(=N)N)cc1)c1ccncc1Cl. The first kappa shape index (κ1) is 12.4. The number of halogens is 1. The van der Waals surface area contributed by atoms with Crippen LogP contribution in [0.1, 0.15) is 5.56 Å². The molecule has 5 heteroatoms. The highest BCUT2D eigenvalue weighted by atomic mass is 35.5. The van der Waals surface area contributed by atoms with Gasteiger partial charge in [0.15, 0.2) is 0 Å². The van der Waals surface area contributed by atoms with Crippen molar-refractivity contribution in [1.82, 2.24) is 4.98 Å². The van der Waals surface area contributed by atoms with Gasteiger partial charge in [-0.05, 0) is 30.3 Å². The van der Waals surface area contributed by atoms with E-state index in [9.17, 15) is 0 Å². The van der Waals surface area contributed by atoms with Gasteiger partial charge in [-0.2, -0.15) is 0 Å². The molecule has 0 fully saturated rings. The molecule has 0 unspecified atom stereocenters. The molecule has 4 nitrogen and oxygen atoms in total. The Morgan fingerprint density at radius 3 is 2.50 bits per heavy atom. The zero-order valence-electron chi connectivity index (χ0n) is 9.89. The number of aromatic nitrogens is 1. The largest absolute Gasteiger partial charge is 0.384 e. The van der Waals surface area contributed by atoms with Crippen LogP contribution in [-0.2, 0) is 0 Å². The Morgan fingerprint density at radius 1 is 1.28 bits per heavy atom. The van der Waals surface area contributed by atoms with E-state index >= 15 is 0 Å². The summed E-state index contributed by atoms with van der Waals surface area (Å²) in [5.41, 5.74) is 7.96. The smallest absolute Gasteiger partial charge is 0.122 e. The Morgan fingerprint density at radius 2 is 1.94 bits per heavy atom. The van der Waals surface area contributed by atoms with E-state index in [1.165, 1.54) is 0 Å². The molecule has 1 aromatic heterocycles. The molecule has 0 amide bonds. The second-order valence-corrected chi connectivity index (χ2v) is 4.25. The first-order chi connectivity index (χ1) is 8.59. The summed E-state index contributed by atoms with van der Waals surface area (Å²) in [6.07, 6.45) is 3.30. The number of amidine groups is 1. The number of nitrogens with two attached hydrogens (primary N) is 1. The monoisotopic (exact) mass is 260 g/mol. The van der Waals surface area contributed by atoms with Crippen molar-refractivity contribution in [3.05, 3.63) is 53.3 Å². The normalized spacial score (nSPS) is 10.1. The number of anilines is 2. The molecule has 18 heavy (non-hydrogen) atoms. The van der Waals surface area contributed by atoms with E-state index in [1.807, 2.05) is 42.3 Å². The van der Waals surface area contributed by atoms with Crippen LogP contribution in [0.15, 0.2) is 42.7 Å². The molecule has 0 radical (unpaired) electrons. The molecule has 0 saturated heterocycles. The van der Waals surface area contributed by atoms with E-state index in [0.29, 0.717) is 10.6 Å². The van der Waals surface area contributed by atoms with Gasteiger partial charge < -0.3 is 10.6 Å². The molecular weight excluding hydrogens is 248 g/mol. The van der Waals surface area contributed by atoms with Crippen LogP contribution in [-0.4, -0.2) is 17.9 Å². The average Bonchev–Trinajstić information content (AvgIpc) is 2.38. The Labute approximate surface area is 111 Å². The molecule has 3 N–H and O–H groups in total. The van der Waals surface area contributed by atoms with Crippen molar-refractivity contribution in [1.29, 1.82) is 5.41 Å². The topological polar surface area (TPSA) is 66.0 Å². The third kappa shape index (κ3) is 2.43. The van der Waals surface area contributed by atoms with Gasteiger partial charge in [0, 0.05) is 30.7 Å². The fraction of sp³-hybridized carbons (Fsp3) is 0.0769. The quantitative estimate of drug-likeness (QED) is 0.659. The maximum atomic E-state index is 7.35. The van der Waals surface area contributed by atoms with Gasteiger partial charge in [0.25, 0.3) is 0 Å². The molecule has 0 aliphatic heterocycles. The van der Waals surface area contributed by atoms with E-state index in [2.05, 4.69) is 4.98 Å². The van der Waals surface area contributed by atoms with Crippen molar-refractivity contribution in [2.75, 3.05) is 11.9 Å². The molecule has 0 aliphatic rings. The van der Waals surface area contributed by atoms with Crippen molar-refractivity contribution >= 4 is 28.8 Å². The lowest BCUT2D eigenvalue weighted by atomic mass is 10.2. The summed E-state index contributed by atoms with van der Waals surface area (Å²) < 4.78 is 0. The molecule has 2 rings (SSSR count). The van der Waals surface area contributed by atoms with Crippen LogP contribution >= 0.6 is 11.6 Å². The van der Waals surface area contributed by atoms with Crippen LogP contribution in [0.2, 0.25) is 5.02 Å². The summed E-state index contributed by atoms with van der Waals surface area (Å²) in [6.45, 7) is 0. The Bertz CT molecular complexity index is 565. The number of nitrogens with one attached hydrogen (secondary N) is 1. The summed E-state index contributed by atoms with van der Waals surface area (Å²) in [7, 11) is 1.92. The number of nitrogen functional groups attached to an aromatic ring is 1. The minimum atomic E-state index is 0.0612. The van der Waals surface area contributed by atoms with Crippen LogP contribution in [0.4, 0.5) is 11.4 Å². The minimum absolute atomic E-state index is 0.0612. The van der Waals surface area contributed by atoms with Crippen molar-refractivity contribution in [2.24, 2.45) is 5.73 Å². The lowest BCUT2D eigenvalue weighted by molar-refractivity contribution is 1.19. The number of pyridine rings is 1. The molecule has 2 aromatic rings. The lowest BCUT2D eigenvalue weighted by Gasteiger charge is -2.20. The second kappa shape index (κ2) is 5.06. The van der Waals surface area contributed by atoms with Crippen LogP contribution in [0.5, 0.6) is 0 Å². The number of rotatable bonds is 3. The van der Waals surface area contributed by atoms with Gasteiger partial charge in [0.05, 0.1) is 10.7 Å². The minimum Gasteiger partial charge on any atom is -0.384 e. The van der Waals surface area contributed by atoms with E-state index < -0.39 is 0 Å². The van der Waals surface area contributed by atoms with Crippen LogP contribution in [0.3, 0.4) is 0 Å². The zero-order valence-corrected chi connectivity index (χ0v) is 10.6. The van der Waals surface area contributed by atoms with Crippen LogP contribution in [0.25, 0.3) is 0 Å². The summed E-state index contributed by atoms with van der Waals surface area (Å²) >= 11 is 6.09. The predicted molar refractivity (Wildman–Crippen MR) is 74.8 cm³/mol. The van der Waals surface area contributed by atoms with Gasteiger partial charge in [-0.25, -0.2) is 0 Å². The number of nitrogens with zero attached hydrogens (tertiary/aromatic N) is 2. The van der Waals surface area contributed by atoms with Crippen molar-refractivity contribution in [2.45, 2.75) is 0 Å². The number of hydrogen-bond donors (Lipinski definition) is 2. The Balaban J connectivity index is 2.32. The summed E-state index contributed by atoms with van der Waals surface area (Å²) in [5, 5.41) is 7.94. The molecule has 1 heterocycles. The van der Waals surface area contributed by atoms with Gasteiger partial charge in [-0.15, -0.1) is 0 Å². The lowest BCUT2D eigenvalue weighted by Crippen LogP contribution is -2.13. The molecule has 0 spiro atoms. The second-order valence-electron chi connectivity index (χ2n) is 3.85. The highest BCUT2D eigenvalue weighted by Gasteiger charge is 2.08. The number of hydrogen-bond acceptors (Lipinski definition) is 3. The summed E-state index contributed by atoms with van der Waals surface area (Å²) in [5.74, 6) is 0.0612. The molecule has 92 valence electrons. The van der Waals surface area contributed by atoms with E-state index in [-0.39, 0.29) is 5.84 Å². The van der Waals surface area contributed by atoms with Gasteiger partial charge in [0.1, 0.15) is 5.84 Å². The summed E-state index contributed by atoms with van der Waals surface area (Å²) in [6, 6.07) is 9.26. The first-order valence-corrected chi connectivity index (χ1v) is 5.75. The van der Waals surface area contributed by atoms with E-state index in [4.69, 9.17) is 22.7 Å². The highest BCUT2D eigenvalue weighted by molar-refractivity contribution is 6.33. The first-order valence-electron chi connectivity index (χ1n) is 5.37. The van der Waals surface area contributed by atoms with Crippen molar-refractivity contribution < 1.29 is 0 Å². The maximum Gasteiger partial charge on any atom is 0.122 e. The van der Waals surface area contributed by atoms with Gasteiger partial charge in [-0.3, -0.25) is 10.4 Å². The fourth-order valence-electron chi connectivity index (χ4n) is 1.64. The predicted octanol–water partition coefficient (Wildman–Crippen LogP) is 2.79. The van der Waals surface area contributed by atoms with Gasteiger partial charge >= 0.3 is 0 Å². The van der Waals surface area contributed by atoms with E-state index in [1.54, 1.807) is 12.4 Å². The molecular formula is C13H13ClN4. The molecule has 0 saturated carbocycles. The van der Waals surface area contributed by atoms with Gasteiger partial charge in [-0.1, -0.05) is 11.6 Å². The highest BCUT2D eigenvalue weighted by Crippen LogP contribution is 2.29. The van der Waals surface area contributed by atoms with Crippen molar-refractivity contribution in [3.63, 3.8) is 0 Å².